The zero-order chi connectivity index (χ0) is 14.9. The van der Waals surface area contributed by atoms with E-state index in [2.05, 4.69) is 4.98 Å². The number of aromatic nitrogens is 2. The number of carboxylic acid groups (broad SMARTS) is 1. The third-order valence-electron chi connectivity index (χ3n) is 2.68. The summed E-state index contributed by atoms with van der Waals surface area (Å²) in [6.07, 6.45) is 1.25. The Kier molecular flexibility index (Phi) is 3.38. The minimum absolute atomic E-state index is 0.0374. The monoisotopic (exact) mass is 277 g/mol. The Labute approximate surface area is 113 Å². The van der Waals surface area contributed by atoms with Gasteiger partial charge in [-0.05, 0) is 34.5 Å². The molecular formula is C12H11N3O5. The van der Waals surface area contributed by atoms with Crippen molar-refractivity contribution in [1.82, 2.24) is 9.55 Å². The predicted octanol–water partition coefficient (Wildman–Crippen LogP) is 2.13. The highest BCUT2D eigenvalue weighted by atomic mass is 16.6. The first-order valence-corrected chi connectivity index (χ1v) is 5.57. The quantitative estimate of drug-likeness (QED) is 0.677. The molecule has 20 heavy (non-hydrogen) atoms. The van der Waals surface area contributed by atoms with E-state index < -0.39 is 16.7 Å². The lowest BCUT2D eigenvalue weighted by atomic mass is 10.1. The number of aryl methyl sites for hydroxylation is 2. The number of carbonyl (C=O) groups is 1. The second-order valence-corrected chi connectivity index (χ2v) is 4.13. The van der Waals surface area contributed by atoms with Crippen molar-refractivity contribution in [1.29, 1.82) is 0 Å². The lowest BCUT2D eigenvalue weighted by molar-refractivity contribution is -0.390. The van der Waals surface area contributed by atoms with Crippen molar-refractivity contribution in [3.63, 3.8) is 0 Å². The average Bonchev–Trinajstić information content (AvgIpc) is 2.73. The molecule has 0 atom stereocenters. The summed E-state index contributed by atoms with van der Waals surface area (Å²) in [5.74, 6) is -1.35. The highest BCUT2D eigenvalue weighted by molar-refractivity contribution is 5.88. The molecule has 0 aliphatic rings. The molecule has 1 aromatic carbocycles. The summed E-state index contributed by atoms with van der Waals surface area (Å²) in [7, 11) is 1.55. The normalized spacial score (nSPS) is 10.3. The Hall–Kier alpha value is -2.90. The minimum Gasteiger partial charge on any atom is -0.478 e. The van der Waals surface area contributed by atoms with Crippen molar-refractivity contribution in [2.75, 3.05) is 0 Å². The second kappa shape index (κ2) is 5.00. The predicted molar refractivity (Wildman–Crippen MR) is 68.1 cm³/mol. The Morgan fingerprint density at radius 2 is 2.20 bits per heavy atom. The zero-order valence-electron chi connectivity index (χ0n) is 10.7. The van der Waals surface area contributed by atoms with E-state index in [1.165, 1.54) is 23.0 Å². The van der Waals surface area contributed by atoms with Gasteiger partial charge in [0.25, 0.3) is 0 Å². The lowest BCUT2D eigenvalue weighted by Crippen LogP contribution is -2.00. The first kappa shape index (κ1) is 13.5. The maximum atomic E-state index is 10.9. The van der Waals surface area contributed by atoms with Gasteiger partial charge in [0.15, 0.2) is 0 Å². The van der Waals surface area contributed by atoms with Crippen molar-refractivity contribution in [3.8, 4) is 11.6 Å². The molecule has 0 bridgehead atoms. The Bertz CT molecular complexity index is 692. The van der Waals surface area contributed by atoms with Crippen LogP contribution in [0.5, 0.6) is 11.6 Å². The van der Waals surface area contributed by atoms with Gasteiger partial charge in [0, 0.05) is 7.05 Å². The molecule has 0 aliphatic heterocycles. The summed E-state index contributed by atoms with van der Waals surface area (Å²) in [6, 6.07) is 4.32. The number of rotatable bonds is 4. The van der Waals surface area contributed by atoms with Crippen LogP contribution >= 0.6 is 0 Å². The summed E-state index contributed by atoms with van der Waals surface area (Å²) in [6.45, 7) is 1.71. The molecule has 0 spiro atoms. The smallest absolute Gasteiger partial charge is 0.427 e. The van der Waals surface area contributed by atoms with Crippen LogP contribution in [-0.2, 0) is 7.05 Å². The van der Waals surface area contributed by atoms with Gasteiger partial charge < -0.3 is 20.0 Å². The van der Waals surface area contributed by atoms with Gasteiger partial charge in [-0.15, -0.1) is 0 Å². The second-order valence-electron chi connectivity index (χ2n) is 4.13. The van der Waals surface area contributed by atoms with Crippen LogP contribution in [0, 0.1) is 17.0 Å². The van der Waals surface area contributed by atoms with E-state index in [9.17, 15) is 14.9 Å². The third-order valence-corrected chi connectivity index (χ3v) is 2.68. The molecule has 1 heterocycles. The summed E-state index contributed by atoms with van der Waals surface area (Å²) < 4.78 is 6.81. The molecule has 2 rings (SSSR count). The minimum atomic E-state index is -1.10. The first-order chi connectivity index (χ1) is 9.40. The Morgan fingerprint density at radius 3 is 2.80 bits per heavy atom. The molecule has 0 unspecified atom stereocenters. The Balaban J connectivity index is 2.44. The van der Waals surface area contributed by atoms with Crippen LogP contribution in [0.15, 0.2) is 24.5 Å². The molecule has 0 aliphatic carbocycles. The summed E-state index contributed by atoms with van der Waals surface area (Å²) in [5.41, 5.74) is 0.695. The van der Waals surface area contributed by atoms with E-state index >= 15 is 0 Å². The number of imidazole rings is 1. The summed E-state index contributed by atoms with van der Waals surface area (Å²) >= 11 is 0. The van der Waals surface area contributed by atoms with Gasteiger partial charge in [-0.3, -0.25) is 4.57 Å². The number of benzene rings is 1. The fourth-order valence-electron chi connectivity index (χ4n) is 1.60. The molecule has 0 saturated carbocycles. The maximum absolute atomic E-state index is 10.9. The van der Waals surface area contributed by atoms with Gasteiger partial charge in [0.2, 0.25) is 6.33 Å². The lowest BCUT2D eigenvalue weighted by Gasteiger charge is -2.09. The standard InChI is InChI=1S/C12H11N3O5/c1-7-3-4-8(12(16)17)5-9(7)20-11-10(15(18)19)13-6-14(11)2/h3-6H,1-2H3,(H,16,17). The highest BCUT2D eigenvalue weighted by Crippen LogP contribution is 2.31. The van der Waals surface area contributed by atoms with E-state index in [4.69, 9.17) is 9.84 Å². The number of aromatic carboxylic acids is 1. The van der Waals surface area contributed by atoms with Gasteiger partial charge in [-0.25, -0.2) is 4.79 Å². The summed E-state index contributed by atoms with van der Waals surface area (Å²) in [4.78, 5) is 24.7. The van der Waals surface area contributed by atoms with Crippen LogP contribution in [0.4, 0.5) is 5.82 Å². The van der Waals surface area contributed by atoms with E-state index in [0.717, 1.165) is 0 Å². The highest BCUT2D eigenvalue weighted by Gasteiger charge is 2.23. The van der Waals surface area contributed by atoms with E-state index in [-0.39, 0.29) is 17.2 Å². The van der Waals surface area contributed by atoms with Gasteiger partial charge in [0.05, 0.1) is 5.56 Å². The molecule has 0 amide bonds. The van der Waals surface area contributed by atoms with Crippen molar-refractivity contribution < 1.29 is 19.6 Å². The number of nitro groups is 1. The van der Waals surface area contributed by atoms with Crippen LogP contribution in [-0.4, -0.2) is 25.6 Å². The molecule has 0 fully saturated rings. The van der Waals surface area contributed by atoms with E-state index in [0.29, 0.717) is 5.56 Å². The largest absolute Gasteiger partial charge is 0.478 e. The van der Waals surface area contributed by atoms with Crippen molar-refractivity contribution in [2.45, 2.75) is 6.92 Å². The fourth-order valence-corrected chi connectivity index (χ4v) is 1.60. The fraction of sp³-hybridized carbons (Fsp3) is 0.167. The van der Waals surface area contributed by atoms with Crippen LogP contribution in [0.2, 0.25) is 0 Å². The Morgan fingerprint density at radius 1 is 1.50 bits per heavy atom. The number of ether oxygens (including phenoxy) is 1. The summed E-state index contributed by atoms with van der Waals surface area (Å²) in [5, 5.41) is 19.8. The van der Waals surface area contributed by atoms with Gasteiger partial charge in [-0.2, -0.15) is 0 Å². The van der Waals surface area contributed by atoms with Crippen LogP contribution in [0.1, 0.15) is 15.9 Å². The molecule has 1 N–H and O–H groups in total. The number of carboxylic acids is 1. The van der Waals surface area contributed by atoms with Gasteiger partial charge >= 0.3 is 17.7 Å². The molecule has 2 aromatic rings. The molecule has 1 aromatic heterocycles. The molecular weight excluding hydrogens is 266 g/mol. The van der Waals surface area contributed by atoms with Crippen molar-refractivity contribution >= 4 is 11.8 Å². The van der Waals surface area contributed by atoms with Crippen LogP contribution in [0.25, 0.3) is 0 Å². The zero-order valence-corrected chi connectivity index (χ0v) is 10.7. The average molecular weight is 277 g/mol. The number of hydrogen-bond acceptors (Lipinski definition) is 5. The molecule has 8 heteroatoms. The number of nitrogens with zero attached hydrogens (tertiary/aromatic N) is 3. The SMILES string of the molecule is Cc1ccc(C(=O)O)cc1Oc1c([N+](=O)[O-])ncn1C. The molecule has 0 saturated heterocycles. The van der Waals surface area contributed by atoms with Gasteiger partial charge in [-0.1, -0.05) is 6.07 Å². The third kappa shape index (κ3) is 2.44. The number of hydrogen-bond donors (Lipinski definition) is 1. The topological polar surface area (TPSA) is 107 Å². The van der Waals surface area contributed by atoms with Crippen molar-refractivity contribution in [3.05, 3.63) is 45.8 Å². The van der Waals surface area contributed by atoms with E-state index in [1.807, 2.05) is 0 Å². The van der Waals surface area contributed by atoms with Gasteiger partial charge in [0.1, 0.15) is 5.75 Å². The van der Waals surface area contributed by atoms with E-state index in [1.54, 1.807) is 20.0 Å². The molecule has 8 nitrogen and oxygen atoms in total. The van der Waals surface area contributed by atoms with Crippen LogP contribution in [0.3, 0.4) is 0 Å². The first-order valence-electron chi connectivity index (χ1n) is 5.57. The molecule has 0 radical (unpaired) electrons. The maximum Gasteiger partial charge on any atom is 0.427 e. The molecule has 104 valence electrons. The van der Waals surface area contributed by atoms with Crippen molar-refractivity contribution in [2.24, 2.45) is 7.05 Å². The van der Waals surface area contributed by atoms with Crippen LogP contribution < -0.4 is 4.74 Å².